The molecule has 8 nitrogen and oxygen atoms in total. The summed E-state index contributed by atoms with van der Waals surface area (Å²) in [6.45, 7) is -0.352. The molecule has 2 aliphatic rings. The van der Waals surface area contributed by atoms with Crippen molar-refractivity contribution in [1.29, 1.82) is 0 Å². The van der Waals surface area contributed by atoms with Crippen LogP contribution in [0, 0.1) is 0 Å². The molecule has 2 fully saturated rings. The average Bonchev–Trinajstić information content (AvgIpc) is 3.45. The number of carbonyl (C=O) groups excluding carboxylic acids is 3. The van der Waals surface area contributed by atoms with Gasteiger partial charge >= 0.3 is 0 Å². The molecule has 2 N–H and O–H groups in total. The molecule has 1 aromatic rings. The normalized spacial score (nSPS) is 22.8. The first-order valence-corrected chi connectivity index (χ1v) is 8.52. The third-order valence-corrected chi connectivity index (χ3v) is 4.67. The minimum Gasteiger partial charge on any atom is -0.497 e. The summed E-state index contributed by atoms with van der Waals surface area (Å²) >= 11 is 0. The number of likely N-dealkylation sites (N-methyl/N-ethyl adjacent to an activating group) is 1. The minimum atomic E-state index is -0.883. The Morgan fingerprint density at radius 2 is 1.96 bits per heavy atom. The molecule has 3 amide bonds. The average molecular weight is 361 g/mol. The molecule has 3 rings (SSSR count). The van der Waals surface area contributed by atoms with Gasteiger partial charge in [0.15, 0.2) is 6.10 Å². The fraction of sp³-hybridized carbons (Fsp3) is 0.500. The zero-order valence-electron chi connectivity index (χ0n) is 14.9. The molecule has 26 heavy (non-hydrogen) atoms. The molecule has 0 unspecified atom stereocenters. The number of primary amides is 1. The number of amides is 3. The number of ether oxygens (including phenoxy) is 2. The van der Waals surface area contributed by atoms with E-state index in [1.807, 2.05) is 12.1 Å². The van der Waals surface area contributed by atoms with E-state index >= 15 is 0 Å². The fourth-order valence-electron chi connectivity index (χ4n) is 3.28. The summed E-state index contributed by atoms with van der Waals surface area (Å²) in [6.07, 6.45) is 0.943. The van der Waals surface area contributed by atoms with Crippen molar-refractivity contribution < 1.29 is 23.9 Å². The SMILES string of the molecule is COc1ccc([C@@H]2[C@@H](C(=O)N(C)CC(N)=O)OCC(=O)N2C2CC2)cc1. The maximum atomic E-state index is 12.9. The lowest BCUT2D eigenvalue weighted by atomic mass is 9.96. The summed E-state index contributed by atoms with van der Waals surface area (Å²) in [4.78, 5) is 39.5. The molecule has 1 aliphatic heterocycles. The van der Waals surface area contributed by atoms with Crippen LogP contribution in [0.2, 0.25) is 0 Å². The molecule has 0 bridgehead atoms. The Balaban J connectivity index is 1.93. The highest BCUT2D eigenvalue weighted by Gasteiger charge is 2.48. The summed E-state index contributed by atoms with van der Waals surface area (Å²) in [5.74, 6) is -0.422. The molecule has 1 saturated carbocycles. The lowest BCUT2D eigenvalue weighted by molar-refractivity contribution is -0.170. The van der Waals surface area contributed by atoms with E-state index in [1.165, 1.54) is 11.9 Å². The van der Waals surface area contributed by atoms with Crippen molar-refractivity contribution in [3.8, 4) is 5.75 Å². The van der Waals surface area contributed by atoms with Crippen LogP contribution in [-0.4, -0.2) is 67.0 Å². The molecule has 140 valence electrons. The summed E-state index contributed by atoms with van der Waals surface area (Å²) in [7, 11) is 3.07. The van der Waals surface area contributed by atoms with Gasteiger partial charge in [0.2, 0.25) is 11.8 Å². The number of nitrogens with zero attached hydrogens (tertiary/aromatic N) is 2. The van der Waals surface area contributed by atoms with Gasteiger partial charge in [-0.05, 0) is 30.5 Å². The second-order valence-electron chi connectivity index (χ2n) is 6.64. The Morgan fingerprint density at radius 3 is 2.50 bits per heavy atom. The van der Waals surface area contributed by atoms with Gasteiger partial charge in [0.1, 0.15) is 12.4 Å². The maximum absolute atomic E-state index is 12.9. The Kier molecular flexibility index (Phi) is 5.13. The van der Waals surface area contributed by atoms with Crippen molar-refractivity contribution in [2.45, 2.75) is 31.0 Å². The fourth-order valence-corrected chi connectivity index (χ4v) is 3.28. The molecule has 0 aromatic heterocycles. The number of nitrogens with two attached hydrogens (primary N) is 1. The molecule has 2 atom stereocenters. The van der Waals surface area contributed by atoms with Gasteiger partial charge in [-0.3, -0.25) is 14.4 Å². The van der Waals surface area contributed by atoms with E-state index in [9.17, 15) is 14.4 Å². The zero-order valence-corrected chi connectivity index (χ0v) is 14.9. The van der Waals surface area contributed by atoms with Crippen molar-refractivity contribution in [3.05, 3.63) is 29.8 Å². The number of hydrogen-bond acceptors (Lipinski definition) is 5. The van der Waals surface area contributed by atoms with Crippen LogP contribution in [0.3, 0.4) is 0 Å². The number of hydrogen-bond donors (Lipinski definition) is 1. The molecule has 1 heterocycles. The number of carbonyl (C=O) groups is 3. The van der Waals surface area contributed by atoms with Gasteiger partial charge in [0, 0.05) is 13.1 Å². The monoisotopic (exact) mass is 361 g/mol. The van der Waals surface area contributed by atoms with Crippen molar-refractivity contribution in [1.82, 2.24) is 9.80 Å². The second kappa shape index (κ2) is 7.33. The van der Waals surface area contributed by atoms with Gasteiger partial charge < -0.3 is 25.0 Å². The molecule has 8 heteroatoms. The summed E-state index contributed by atoms with van der Waals surface area (Å²) in [5, 5.41) is 0. The topological polar surface area (TPSA) is 102 Å². The summed E-state index contributed by atoms with van der Waals surface area (Å²) in [5.41, 5.74) is 5.98. The van der Waals surface area contributed by atoms with Gasteiger partial charge in [0.25, 0.3) is 5.91 Å². The summed E-state index contributed by atoms with van der Waals surface area (Å²) < 4.78 is 10.8. The van der Waals surface area contributed by atoms with Gasteiger partial charge in [-0.25, -0.2) is 0 Å². The van der Waals surface area contributed by atoms with Crippen molar-refractivity contribution in [2.75, 3.05) is 27.3 Å². The van der Waals surface area contributed by atoms with Crippen LogP contribution >= 0.6 is 0 Å². The van der Waals surface area contributed by atoms with E-state index in [0.29, 0.717) is 5.75 Å². The Morgan fingerprint density at radius 1 is 1.31 bits per heavy atom. The van der Waals surface area contributed by atoms with Crippen LogP contribution in [0.15, 0.2) is 24.3 Å². The Hall–Kier alpha value is -2.61. The van der Waals surface area contributed by atoms with Gasteiger partial charge in [-0.1, -0.05) is 12.1 Å². The van der Waals surface area contributed by atoms with E-state index < -0.39 is 18.1 Å². The Bertz CT molecular complexity index is 701. The maximum Gasteiger partial charge on any atom is 0.254 e. The number of rotatable bonds is 6. The van der Waals surface area contributed by atoms with Crippen LogP contribution in [0.5, 0.6) is 5.75 Å². The number of methoxy groups -OCH3 is 1. The van der Waals surface area contributed by atoms with E-state index in [1.54, 1.807) is 24.1 Å². The third-order valence-electron chi connectivity index (χ3n) is 4.67. The number of benzene rings is 1. The first-order valence-electron chi connectivity index (χ1n) is 8.52. The minimum absolute atomic E-state index is 0.121. The highest BCUT2D eigenvalue weighted by molar-refractivity contribution is 5.89. The van der Waals surface area contributed by atoms with Crippen molar-refractivity contribution in [2.24, 2.45) is 5.73 Å². The highest BCUT2D eigenvalue weighted by Crippen LogP contribution is 2.40. The van der Waals surface area contributed by atoms with Crippen LogP contribution < -0.4 is 10.5 Å². The van der Waals surface area contributed by atoms with E-state index in [4.69, 9.17) is 15.2 Å². The van der Waals surface area contributed by atoms with Crippen molar-refractivity contribution >= 4 is 17.7 Å². The van der Waals surface area contributed by atoms with Crippen LogP contribution in [0.25, 0.3) is 0 Å². The van der Waals surface area contributed by atoms with Crippen LogP contribution in [0.1, 0.15) is 24.4 Å². The standard InChI is InChI=1S/C18H23N3O5/c1-20(9-14(19)22)18(24)17-16(11-3-7-13(25-2)8-4-11)21(12-5-6-12)15(23)10-26-17/h3-4,7-8,12,16-17H,5-6,9-10H2,1-2H3,(H2,19,22)/t16-,17+/m1/s1. The van der Waals surface area contributed by atoms with Gasteiger partial charge in [0.05, 0.1) is 19.7 Å². The smallest absolute Gasteiger partial charge is 0.254 e. The van der Waals surface area contributed by atoms with E-state index in [0.717, 1.165) is 18.4 Å². The zero-order chi connectivity index (χ0) is 18.8. The molecule has 0 radical (unpaired) electrons. The summed E-state index contributed by atoms with van der Waals surface area (Å²) in [6, 6.07) is 6.81. The molecular formula is C18H23N3O5. The molecular weight excluding hydrogens is 338 g/mol. The van der Waals surface area contributed by atoms with Crippen LogP contribution in [-0.2, 0) is 19.1 Å². The molecule has 0 spiro atoms. The van der Waals surface area contributed by atoms with E-state index in [-0.39, 0.29) is 31.0 Å². The van der Waals surface area contributed by atoms with Crippen LogP contribution in [0.4, 0.5) is 0 Å². The first-order chi connectivity index (χ1) is 12.4. The molecule has 1 aromatic carbocycles. The first kappa shape index (κ1) is 18.2. The molecule has 1 aliphatic carbocycles. The predicted octanol–water partition coefficient (Wildman–Crippen LogP) is 0.0698. The number of morpholine rings is 1. The van der Waals surface area contributed by atoms with Crippen molar-refractivity contribution in [3.63, 3.8) is 0 Å². The largest absolute Gasteiger partial charge is 0.497 e. The predicted molar refractivity (Wildman–Crippen MR) is 92.2 cm³/mol. The third kappa shape index (κ3) is 3.65. The van der Waals surface area contributed by atoms with E-state index in [2.05, 4.69) is 0 Å². The lowest BCUT2D eigenvalue weighted by Crippen LogP contribution is -2.55. The highest BCUT2D eigenvalue weighted by atomic mass is 16.5. The second-order valence-corrected chi connectivity index (χ2v) is 6.64. The quantitative estimate of drug-likeness (QED) is 0.772. The van der Waals surface area contributed by atoms with Gasteiger partial charge in [-0.15, -0.1) is 0 Å². The molecule has 1 saturated heterocycles. The van der Waals surface area contributed by atoms with Gasteiger partial charge in [-0.2, -0.15) is 0 Å². The lowest BCUT2D eigenvalue weighted by Gasteiger charge is -2.41. The Labute approximate surface area is 151 Å².